The Kier molecular flexibility index (Phi) is 4.11. The number of hydrogen-bond donors (Lipinski definition) is 0. The predicted octanol–water partition coefficient (Wildman–Crippen LogP) is 1.99. The number of rotatable bonds is 3. The fourth-order valence-corrected chi connectivity index (χ4v) is 3.38. The number of para-hydroxylation sites is 1. The second-order valence-corrected chi connectivity index (χ2v) is 6.22. The van der Waals surface area contributed by atoms with E-state index in [1.807, 2.05) is 18.5 Å². The molecule has 5 heteroatoms. The fraction of sp³-hybridized carbons (Fsp3) is 0.444. The van der Waals surface area contributed by atoms with Crippen LogP contribution in [0.1, 0.15) is 12.0 Å². The average Bonchev–Trinajstić information content (AvgIpc) is 2.63. The molecule has 1 aromatic heterocycles. The summed E-state index contributed by atoms with van der Waals surface area (Å²) < 4.78 is 6.17. The van der Waals surface area contributed by atoms with Gasteiger partial charge in [0.1, 0.15) is 11.9 Å². The highest BCUT2D eigenvalue weighted by atomic mass is 16.5. The van der Waals surface area contributed by atoms with Gasteiger partial charge in [0.15, 0.2) is 0 Å². The SMILES string of the molecule is c1cnc(N2CCN(CC3CCc4ccccc4O3)CC2)nc1. The second-order valence-electron chi connectivity index (χ2n) is 6.22. The second kappa shape index (κ2) is 6.54. The minimum absolute atomic E-state index is 0.310. The van der Waals surface area contributed by atoms with E-state index in [4.69, 9.17) is 4.74 Å². The molecule has 0 spiro atoms. The van der Waals surface area contributed by atoms with Crippen molar-refractivity contribution in [2.45, 2.75) is 18.9 Å². The monoisotopic (exact) mass is 310 g/mol. The third-order valence-electron chi connectivity index (χ3n) is 4.67. The summed E-state index contributed by atoms with van der Waals surface area (Å²) in [5, 5.41) is 0. The fourth-order valence-electron chi connectivity index (χ4n) is 3.38. The molecule has 1 atom stereocenters. The van der Waals surface area contributed by atoms with E-state index >= 15 is 0 Å². The van der Waals surface area contributed by atoms with E-state index in [9.17, 15) is 0 Å². The number of hydrogen-bond acceptors (Lipinski definition) is 5. The molecular weight excluding hydrogens is 288 g/mol. The van der Waals surface area contributed by atoms with Gasteiger partial charge < -0.3 is 9.64 Å². The van der Waals surface area contributed by atoms with Gasteiger partial charge in [-0.3, -0.25) is 4.90 Å². The summed E-state index contributed by atoms with van der Waals surface area (Å²) in [5.41, 5.74) is 1.34. The Hall–Kier alpha value is -2.14. The van der Waals surface area contributed by atoms with Crippen molar-refractivity contribution in [3.8, 4) is 5.75 Å². The van der Waals surface area contributed by atoms with E-state index < -0.39 is 0 Å². The molecule has 0 N–H and O–H groups in total. The van der Waals surface area contributed by atoms with Crippen LogP contribution in [0.25, 0.3) is 0 Å². The summed E-state index contributed by atoms with van der Waals surface area (Å²) in [4.78, 5) is 13.4. The van der Waals surface area contributed by atoms with Gasteiger partial charge in [0, 0.05) is 45.1 Å². The predicted molar refractivity (Wildman–Crippen MR) is 89.9 cm³/mol. The minimum atomic E-state index is 0.310. The number of nitrogens with zero attached hydrogens (tertiary/aromatic N) is 4. The van der Waals surface area contributed by atoms with Gasteiger partial charge in [0.25, 0.3) is 0 Å². The lowest BCUT2D eigenvalue weighted by molar-refractivity contribution is 0.110. The first-order valence-electron chi connectivity index (χ1n) is 8.37. The quantitative estimate of drug-likeness (QED) is 0.867. The van der Waals surface area contributed by atoms with Crippen LogP contribution in [0.2, 0.25) is 0 Å². The van der Waals surface area contributed by atoms with E-state index in [1.165, 1.54) is 5.56 Å². The van der Waals surface area contributed by atoms with Crippen LogP contribution in [0, 0.1) is 0 Å². The van der Waals surface area contributed by atoms with Gasteiger partial charge in [-0.05, 0) is 30.5 Å². The van der Waals surface area contributed by atoms with Gasteiger partial charge in [-0.1, -0.05) is 18.2 Å². The number of aryl methyl sites for hydroxylation is 1. The van der Waals surface area contributed by atoms with Crippen LogP contribution >= 0.6 is 0 Å². The molecule has 1 fully saturated rings. The van der Waals surface area contributed by atoms with Crippen LogP contribution in [0.3, 0.4) is 0 Å². The Balaban J connectivity index is 1.30. The Labute approximate surface area is 136 Å². The van der Waals surface area contributed by atoms with Crippen molar-refractivity contribution in [1.82, 2.24) is 14.9 Å². The van der Waals surface area contributed by atoms with Crippen molar-refractivity contribution in [3.05, 3.63) is 48.3 Å². The lowest BCUT2D eigenvalue weighted by atomic mass is 10.0. The molecule has 3 heterocycles. The van der Waals surface area contributed by atoms with Gasteiger partial charge in [-0.15, -0.1) is 0 Å². The molecule has 23 heavy (non-hydrogen) atoms. The zero-order chi connectivity index (χ0) is 15.5. The maximum Gasteiger partial charge on any atom is 0.225 e. The molecule has 0 saturated carbocycles. The zero-order valence-electron chi connectivity index (χ0n) is 13.3. The van der Waals surface area contributed by atoms with Crippen molar-refractivity contribution in [1.29, 1.82) is 0 Å². The molecular formula is C18H22N4O. The molecule has 5 nitrogen and oxygen atoms in total. The summed E-state index contributed by atoms with van der Waals surface area (Å²) in [6.45, 7) is 5.05. The number of benzene rings is 1. The third-order valence-corrected chi connectivity index (χ3v) is 4.67. The zero-order valence-corrected chi connectivity index (χ0v) is 13.3. The Morgan fingerprint density at radius 1 is 1.00 bits per heavy atom. The third kappa shape index (κ3) is 3.29. The van der Waals surface area contributed by atoms with Crippen molar-refractivity contribution in [2.75, 3.05) is 37.6 Å². The van der Waals surface area contributed by atoms with Gasteiger partial charge in [0.2, 0.25) is 5.95 Å². The summed E-state index contributed by atoms with van der Waals surface area (Å²) in [6, 6.07) is 10.3. The van der Waals surface area contributed by atoms with Crippen molar-refractivity contribution in [2.24, 2.45) is 0 Å². The molecule has 1 aromatic carbocycles. The van der Waals surface area contributed by atoms with Crippen LogP contribution in [0.4, 0.5) is 5.95 Å². The normalized spacial score (nSPS) is 21.6. The highest BCUT2D eigenvalue weighted by molar-refractivity contribution is 5.35. The Morgan fingerprint density at radius 3 is 2.61 bits per heavy atom. The molecule has 2 aliphatic heterocycles. The van der Waals surface area contributed by atoms with E-state index in [2.05, 4.69) is 44.0 Å². The summed E-state index contributed by atoms with van der Waals surface area (Å²) in [7, 11) is 0. The van der Waals surface area contributed by atoms with Crippen LogP contribution < -0.4 is 9.64 Å². The smallest absolute Gasteiger partial charge is 0.225 e. The van der Waals surface area contributed by atoms with Crippen LogP contribution in [-0.2, 0) is 6.42 Å². The first-order chi connectivity index (χ1) is 11.4. The van der Waals surface area contributed by atoms with Crippen LogP contribution in [0.5, 0.6) is 5.75 Å². The Morgan fingerprint density at radius 2 is 1.78 bits per heavy atom. The molecule has 2 aliphatic rings. The Bertz CT molecular complexity index is 640. The lowest BCUT2D eigenvalue weighted by Crippen LogP contribution is -2.50. The number of fused-ring (bicyclic) bond motifs is 1. The standard InChI is InChI=1S/C18H22N4O/c1-2-5-17-15(4-1)6-7-16(23-17)14-21-10-12-22(13-11-21)18-19-8-3-9-20-18/h1-5,8-9,16H,6-7,10-14H2. The van der Waals surface area contributed by atoms with Crippen molar-refractivity contribution < 1.29 is 4.74 Å². The number of aromatic nitrogens is 2. The minimum Gasteiger partial charge on any atom is -0.489 e. The first-order valence-corrected chi connectivity index (χ1v) is 8.37. The number of ether oxygens (including phenoxy) is 1. The number of anilines is 1. The maximum atomic E-state index is 6.17. The first kappa shape index (κ1) is 14.5. The molecule has 0 bridgehead atoms. The van der Waals surface area contributed by atoms with Gasteiger partial charge in [-0.2, -0.15) is 0 Å². The molecule has 2 aromatic rings. The van der Waals surface area contributed by atoms with Crippen molar-refractivity contribution >= 4 is 5.95 Å². The lowest BCUT2D eigenvalue weighted by Gasteiger charge is -2.37. The van der Waals surface area contributed by atoms with Gasteiger partial charge >= 0.3 is 0 Å². The van der Waals surface area contributed by atoms with Crippen LogP contribution in [-0.4, -0.2) is 53.7 Å². The molecule has 0 aliphatic carbocycles. The number of piperazine rings is 1. The van der Waals surface area contributed by atoms with Crippen molar-refractivity contribution in [3.63, 3.8) is 0 Å². The summed E-state index contributed by atoms with van der Waals surface area (Å²) in [6.07, 6.45) is 6.16. The summed E-state index contributed by atoms with van der Waals surface area (Å²) >= 11 is 0. The van der Waals surface area contributed by atoms with E-state index in [0.29, 0.717) is 6.10 Å². The van der Waals surface area contributed by atoms with Gasteiger partial charge in [0.05, 0.1) is 0 Å². The average molecular weight is 310 g/mol. The largest absolute Gasteiger partial charge is 0.489 e. The van der Waals surface area contributed by atoms with E-state index in [0.717, 1.165) is 57.3 Å². The molecule has 1 saturated heterocycles. The molecule has 4 rings (SSSR count). The van der Waals surface area contributed by atoms with Gasteiger partial charge in [-0.25, -0.2) is 9.97 Å². The topological polar surface area (TPSA) is 41.5 Å². The highest BCUT2D eigenvalue weighted by Gasteiger charge is 2.25. The van der Waals surface area contributed by atoms with E-state index in [1.54, 1.807) is 0 Å². The van der Waals surface area contributed by atoms with E-state index in [-0.39, 0.29) is 0 Å². The molecule has 1 unspecified atom stereocenters. The molecule has 0 radical (unpaired) electrons. The maximum absolute atomic E-state index is 6.17. The highest BCUT2D eigenvalue weighted by Crippen LogP contribution is 2.27. The molecule has 120 valence electrons. The van der Waals surface area contributed by atoms with Crippen LogP contribution in [0.15, 0.2) is 42.7 Å². The molecule has 0 amide bonds. The summed E-state index contributed by atoms with van der Waals surface area (Å²) in [5.74, 6) is 1.91.